The summed E-state index contributed by atoms with van der Waals surface area (Å²) in [5.41, 5.74) is 5.34. The maximum absolute atomic E-state index is 11.4. The zero-order valence-corrected chi connectivity index (χ0v) is 12.4. The monoisotopic (exact) mass is 308 g/mol. The molecule has 0 heterocycles. The maximum atomic E-state index is 11.4. The Morgan fingerprint density at radius 2 is 2.00 bits per heavy atom. The van der Waals surface area contributed by atoms with Gasteiger partial charge in [0.15, 0.2) is 0 Å². The van der Waals surface area contributed by atoms with Crippen LogP contribution in [0.2, 0.25) is 5.02 Å². The predicted molar refractivity (Wildman–Crippen MR) is 80.7 cm³/mol. The molecule has 18 heavy (non-hydrogen) atoms. The Hall–Kier alpha value is -0.420. The van der Waals surface area contributed by atoms with E-state index in [9.17, 15) is 4.79 Å². The summed E-state index contributed by atoms with van der Waals surface area (Å²) in [6.45, 7) is 1.28. The molecule has 0 aliphatic carbocycles. The van der Waals surface area contributed by atoms with Crippen molar-refractivity contribution in [2.45, 2.75) is 17.7 Å². The van der Waals surface area contributed by atoms with E-state index >= 15 is 0 Å². The van der Waals surface area contributed by atoms with Gasteiger partial charge in [-0.1, -0.05) is 11.6 Å². The predicted octanol–water partition coefficient (Wildman–Crippen LogP) is 2.71. The molecule has 0 aromatic heterocycles. The van der Waals surface area contributed by atoms with Crippen LogP contribution in [0.5, 0.6) is 0 Å². The first-order valence-electron chi connectivity index (χ1n) is 5.57. The molecule has 0 saturated carbocycles. The van der Waals surface area contributed by atoms with E-state index in [4.69, 9.17) is 17.3 Å². The minimum Gasteiger partial charge on any atom is -0.356 e. The second-order valence-electron chi connectivity index (χ2n) is 3.54. The number of thioether (sulfide) groups is 1. The zero-order valence-electron chi connectivity index (χ0n) is 10.0. The van der Waals surface area contributed by atoms with Crippen LogP contribution < -0.4 is 11.1 Å². The Balaban J connectivity index is 0.00000289. The van der Waals surface area contributed by atoms with Crippen molar-refractivity contribution < 1.29 is 4.79 Å². The molecular formula is C12H18Cl2N2OS. The van der Waals surface area contributed by atoms with Crippen LogP contribution in [0.4, 0.5) is 0 Å². The third-order valence-corrected chi connectivity index (χ3v) is 3.38. The number of halogens is 2. The topological polar surface area (TPSA) is 55.1 Å². The normalized spacial score (nSPS) is 9.67. The van der Waals surface area contributed by atoms with E-state index in [1.165, 1.54) is 0 Å². The fourth-order valence-electron chi connectivity index (χ4n) is 1.21. The second kappa shape index (κ2) is 10.5. The number of nitrogens with two attached hydrogens (primary N) is 1. The number of hydrogen-bond donors (Lipinski definition) is 2. The van der Waals surface area contributed by atoms with E-state index in [1.807, 2.05) is 24.3 Å². The molecule has 0 bridgehead atoms. The lowest BCUT2D eigenvalue weighted by molar-refractivity contribution is -0.120. The van der Waals surface area contributed by atoms with Gasteiger partial charge in [0.25, 0.3) is 0 Å². The summed E-state index contributed by atoms with van der Waals surface area (Å²) in [6, 6.07) is 7.62. The molecule has 3 N–H and O–H groups in total. The summed E-state index contributed by atoms with van der Waals surface area (Å²) in [7, 11) is 0. The van der Waals surface area contributed by atoms with Gasteiger partial charge in [0.2, 0.25) is 5.91 Å². The molecule has 1 rings (SSSR count). The molecule has 102 valence electrons. The zero-order chi connectivity index (χ0) is 12.5. The van der Waals surface area contributed by atoms with Gasteiger partial charge in [-0.2, -0.15) is 0 Å². The van der Waals surface area contributed by atoms with Crippen LogP contribution in [0.3, 0.4) is 0 Å². The average Bonchev–Trinajstić information content (AvgIpc) is 2.32. The summed E-state index contributed by atoms with van der Waals surface area (Å²) in [5.74, 6) is 0.857. The van der Waals surface area contributed by atoms with E-state index < -0.39 is 0 Å². The second-order valence-corrected chi connectivity index (χ2v) is 5.15. The lowest BCUT2D eigenvalue weighted by Crippen LogP contribution is -2.26. The molecule has 0 fully saturated rings. The molecular weight excluding hydrogens is 291 g/mol. The summed E-state index contributed by atoms with van der Waals surface area (Å²) < 4.78 is 0. The van der Waals surface area contributed by atoms with Crippen LogP contribution >= 0.6 is 35.8 Å². The third kappa shape index (κ3) is 7.82. The van der Waals surface area contributed by atoms with Gasteiger partial charge >= 0.3 is 0 Å². The third-order valence-electron chi connectivity index (χ3n) is 2.11. The van der Waals surface area contributed by atoms with Crippen LogP contribution in [0.25, 0.3) is 0 Å². The number of benzene rings is 1. The molecule has 0 spiro atoms. The molecule has 0 aliphatic heterocycles. The van der Waals surface area contributed by atoms with Gasteiger partial charge < -0.3 is 11.1 Å². The Morgan fingerprint density at radius 1 is 1.33 bits per heavy atom. The van der Waals surface area contributed by atoms with Gasteiger partial charge in [-0.15, -0.1) is 24.2 Å². The first-order chi connectivity index (χ1) is 8.22. The van der Waals surface area contributed by atoms with Crippen molar-refractivity contribution in [2.75, 3.05) is 18.8 Å². The van der Waals surface area contributed by atoms with Crippen molar-refractivity contribution in [3.8, 4) is 0 Å². The van der Waals surface area contributed by atoms with Gasteiger partial charge in [0, 0.05) is 28.6 Å². The first kappa shape index (κ1) is 17.6. The van der Waals surface area contributed by atoms with Crippen LogP contribution in [-0.4, -0.2) is 24.7 Å². The highest BCUT2D eigenvalue weighted by Crippen LogP contribution is 2.20. The molecule has 0 radical (unpaired) electrons. The lowest BCUT2D eigenvalue weighted by Gasteiger charge is -2.04. The lowest BCUT2D eigenvalue weighted by atomic mass is 10.4. The van der Waals surface area contributed by atoms with Crippen molar-refractivity contribution in [3.63, 3.8) is 0 Å². The number of hydrogen-bond acceptors (Lipinski definition) is 3. The Kier molecular flexibility index (Phi) is 10.3. The van der Waals surface area contributed by atoms with E-state index in [1.54, 1.807) is 11.8 Å². The van der Waals surface area contributed by atoms with Crippen LogP contribution in [0, 0.1) is 0 Å². The highest BCUT2D eigenvalue weighted by molar-refractivity contribution is 7.99. The van der Waals surface area contributed by atoms with Crippen LogP contribution in [0.1, 0.15) is 12.8 Å². The van der Waals surface area contributed by atoms with Crippen molar-refractivity contribution >= 4 is 41.7 Å². The SMILES string of the molecule is Cl.NCCCNC(=O)CCSc1ccc(Cl)cc1. The van der Waals surface area contributed by atoms with E-state index in [0.29, 0.717) is 19.5 Å². The molecule has 1 aromatic carbocycles. The minimum absolute atomic E-state index is 0. The summed E-state index contributed by atoms with van der Waals surface area (Å²) in [4.78, 5) is 12.5. The molecule has 1 aromatic rings. The van der Waals surface area contributed by atoms with E-state index in [-0.39, 0.29) is 18.3 Å². The molecule has 0 atom stereocenters. The highest BCUT2D eigenvalue weighted by atomic mass is 35.5. The minimum atomic E-state index is 0. The van der Waals surface area contributed by atoms with E-state index in [0.717, 1.165) is 22.1 Å². The highest BCUT2D eigenvalue weighted by Gasteiger charge is 2.01. The van der Waals surface area contributed by atoms with Crippen molar-refractivity contribution in [2.24, 2.45) is 5.73 Å². The maximum Gasteiger partial charge on any atom is 0.220 e. The number of carbonyl (C=O) groups is 1. The van der Waals surface area contributed by atoms with Crippen molar-refractivity contribution in [1.29, 1.82) is 0 Å². The Bertz CT molecular complexity index is 346. The van der Waals surface area contributed by atoms with Crippen molar-refractivity contribution in [1.82, 2.24) is 5.32 Å². The Morgan fingerprint density at radius 3 is 2.61 bits per heavy atom. The molecule has 1 amide bonds. The van der Waals surface area contributed by atoms with Gasteiger partial charge in [-0.3, -0.25) is 4.79 Å². The van der Waals surface area contributed by atoms with Gasteiger partial charge in [-0.05, 0) is 37.2 Å². The molecule has 0 saturated heterocycles. The fraction of sp³-hybridized carbons (Fsp3) is 0.417. The fourth-order valence-corrected chi connectivity index (χ4v) is 2.19. The first-order valence-corrected chi connectivity index (χ1v) is 6.94. The Labute approximate surface area is 123 Å². The number of nitrogens with one attached hydrogen (secondary N) is 1. The van der Waals surface area contributed by atoms with Crippen LogP contribution in [0.15, 0.2) is 29.2 Å². The van der Waals surface area contributed by atoms with Gasteiger partial charge in [-0.25, -0.2) is 0 Å². The summed E-state index contributed by atoms with van der Waals surface area (Å²) >= 11 is 7.44. The van der Waals surface area contributed by atoms with Crippen molar-refractivity contribution in [3.05, 3.63) is 29.3 Å². The standard InChI is InChI=1S/C12H17ClN2OS.ClH/c13-10-2-4-11(5-3-10)17-9-6-12(16)15-8-1-7-14;/h2-5H,1,6-9,14H2,(H,15,16);1H. The number of carbonyl (C=O) groups excluding carboxylic acids is 1. The summed E-state index contributed by atoms with van der Waals surface area (Å²) in [5, 5.41) is 3.56. The smallest absolute Gasteiger partial charge is 0.220 e. The number of rotatable bonds is 7. The molecule has 0 unspecified atom stereocenters. The largest absolute Gasteiger partial charge is 0.356 e. The molecule has 6 heteroatoms. The quantitative estimate of drug-likeness (QED) is 0.601. The molecule has 0 aliphatic rings. The number of amides is 1. The van der Waals surface area contributed by atoms with Gasteiger partial charge in [0.1, 0.15) is 0 Å². The van der Waals surface area contributed by atoms with E-state index in [2.05, 4.69) is 5.32 Å². The van der Waals surface area contributed by atoms with Gasteiger partial charge in [0.05, 0.1) is 0 Å². The molecule has 3 nitrogen and oxygen atoms in total. The average molecular weight is 309 g/mol. The summed E-state index contributed by atoms with van der Waals surface area (Å²) in [6.07, 6.45) is 1.36. The van der Waals surface area contributed by atoms with Crippen LogP contribution in [-0.2, 0) is 4.79 Å².